The topological polar surface area (TPSA) is 52.7 Å². The minimum absolute atomic E-state index is 0.0743. The van der Waals surface area contributed by atoms with E-state index in [4.69, 9.17) is 0 Å². The van der Waals surface area contributed by atoms with Gasteiger partial charge in [0, 0.05) is 43.6 Å². The molecule has 0 spiro atoms. The molecule has 0 bridgehead atoms. The Labute approximate surface area is 167 Å². The second-order valence-electron chi connectivity index (χ2n) is 7.07. The first-order valence-electron chi connectivity index (χ1n) is 9.52. The van der Waals surface area contributed by atoms with Crippen molar-refractivity contribution in [3.8, 4) is 0 Å². The van der Waals surface area contributed by atoms with E-state index in [1.54, 1.807) is 18.3 Å². The summed E-state index contributed by atoms with van der Waals surface area (Å²) in [5, 5.41) is 2.06. The lowest BCUT2D eigenvalue weighted by Gasteiger charge is -2.41. The second kappa shape index (κ2) is 9.30. The summed E-state index contributed by atoms with van der Waals surface area (Å²) in [5.41, 5.74) is 1.34. The number of hydrogen-bond acceptors (Lipinski definition) is 5. The van der Waals surface area contributed by atoms with Crippen LogP contribution in [0, 0.1) is 0 Å². The number of rotatable bonds is 8. The molecule has 2 aromatic rings. The van der Waals surface area contributed by atoms with E-state index in [1.807, 2.05) is 19.1 Å². The lowest BCUT2D eigenvalue weighted by molar-refractivity contribution is 0.0819. The maximum Gasteiger partial charge on any atom is 0.211 e. The molecule has 27 heavy (non-hydrogen) atoms. The van der Waals surface area contributed by atoms with E-state index in [-0.39, 0.29) is 17.8 Å². The van der Waals surface area contributed by atoms with E-state index in [2.05, 4.69) is 50.2 Å². The number of nitrogens with one attached hydrogen (secondary N) is 1. The summed E-state index contributed by atoms with van der Waals surface area (Å²) < 4.78 is 27.0. The first-order chi connectivity index (χ1) is 13.0. The number of thiophene rings is 1. The lowest BCUT2D eigenvalue weighted by atomic mass is 10.1. The van der Waals surface area contributed by atoms with E-state index in [1.165, 1.54) is 10.4 Å². The number of sulfonamides is 1. The van der Waals surface area contributed by atoms with Gasteiger partial charge in [-0.15, -0.1) is 11.3 Å². The third-order valence-electron chi connectivity index (χ3n) is 5.10. The quantitative estimate of drug-likeness (QED) is 0.731. The third-order valence-corrected chi connectivity index (χ3v) is 7.54. The Balaban J connectivity index is 1.66. The van der Waals surface area contributed by atoms with E-state index in [0.717, 1.165) is 32.7 Å². The predicted octanol–water partition coefficient (Wildman–Crippen LogP) is 2.93. The van der Waals surface area contributed by atoms with Gasteiger partial charge in [0.1, 0.15) is 0 Å². The molecule has 0 unspecified atom stereocenters. The Morgan fingerprint density at radius 3 is 2.37 bits per heavy atom. The first kappa shape index (κ1) is 20.5. The van der Waals surface area contributed by atoms with Crippen molar-refractivity contribution in [3.63, 3.8) is 0 Å². The molecule has 1 fully saturated rings. The highest BCUT2D eigenvalue weighted by Gasteiger charge is 2.31. The second-order valence-corrected chi connectivity index (χ2v) is 10.1. The van der Waals surface area contributed by atoms with Crippen LogP contribution >= 0.6 is 11.3 Å². The van der Waals surface area contributed by atoms with Crippen LogP contribution in [0.1, 0.15) is 30.3 Å². The fourth-order valence-electron chi connectivity index (χ4n) is 3.67. The van der Waals surface area contributed by atoms with Crippen LogP contribution in [0.15, 0.2) is 47.8 Å². The Kier molecular flexibility index (Phi) is 7.05. The molecule has 7 heteroatoms. The normalized spacial score (nSPS) is 19.0. The van der Waals surface area contributed by atoms with Crippen LogP contribution in [0.2, 0.25) is 0 Å². The predicted molar refractivity (Wildman–Crippen MR) is 112 cm³/mol. The van der Waals surface area contributed by atoms with Gasteiger partial charge in [-0.3, -0.25) is 9.80 Å². The Morgan fingerprint density at radius 2 is 1.78 bits per heavy atom. The van der Waals surface area contributed by atoms with Crippen molar-refractivity contribution in [2.75, 3.05) is 31.9 Å². The standard InChI is InChI=1S/C20H29N3O2S2/c1-3-27(24,25)21-17(2)20(19-10-7-15-26-19)23-13-11-22(12-14-23)16-18-8-5-4-6-9-18/h4-10,15,17,20-21H,3,11-14,16H2,1-2H3/t17-,20+/m0/s1. The van der Waals surface area contributed by atoms with E-state index >= 15 is 0 Å². The summed E-state index contributed by atoms with van der Waals surface area (Å²) in [5.74, 6) is 0.110. The molecule has 0 saturated carbocycles. The smallest absolute Gasteiger partial charge is 0.211 e. The van der Waals surface area contributed by atoms with Gasteiger partial charge in [0.2, 0.25) is 10.0 Å². The minimum Gasteiger partial charge on any atom is -0.297 e. The number of hydrogen-bond donors (Lipinski definition) is 1. The molecule has 2 atom stereocenters. The van der Waals surface area contributed by atoms with Crippen molar-refractivity contribution < 1.29 is 8.42 Å². The van der Waals surface area contributed by atoms with Crippen molar-refractivity contribution in [1.29, 1.82) is 0 Å². The zero-order valence-corrected chi connectivity index (χ0v) is 17.7. The van der Waals surface area contributed by atoms with Crippen molar-refractivity contribution >= 4 is 21.4 Å². The summed E-state index contributed by atoms with van der Waals surface area (Å²) in [7, 11) is -3.23. The Bertz CT molecular complexity index is 786. The first-order valence-corrected chi connectivity index (χ1v) is 12.1. The number of piperazine rings is 1. The van der Waals surface area contributed by atoms with Gasteiger partial charge in [-0.2, -0.15) is 0 Å². The average molecular weight is 408 g/mol. The van der Waals surface area contributed by atoms with Crippen LogP contribution in [0.4, 0.5) is 0 Å². The van der Waals surface area contributed by atoms with Crippen LogP contribution in [0.3, 0.4) is 0 Å². The molecule has 1 aliphatic rings. The maximum atomic E-state index is 12.1. The van der Waals surface area contributed by atoms with E-state index in [9.17, 15) is 8.42 Å². The van der Waals surface area contributed by atoms with Gasteiger partial charge in [-0.25, -0.2) is 13.1 Å². The lowest BCUT2D eigenvalue weighted by Crippen LogP contribution is -2.52. The van der Waals surface area contributed by atoms with Crippen molar-refractivity contribution in [1.82, 2.24) is 14.5 Å². The van der Waals surface area contributed by atoms with Gasteiger partial charge in [-0.1, -0.05) is 36.4 Å². The van der Waals surface area contributed by atoms with Crippen LogP contribution in [0.25, 0.3) is 0 Å². The summed E-state index contributed by atoms with van der Waals surface area (Å²) in [6.07, 6.45) is 0. The van der Waals surface area contributed by atoms with Gasteiger partial charge in [-0.05, 0) is 30.9 Å². The highest BCUT2D eigenvalue weighted by molar-refractivity contribution is 7.89. The van der Waals surface area contributed by atoms with E-state index in [0.29, 0.717) is 0 Å². The molecule has 3 rings (SSSR count). The van der Waals surface area contributed by atoms with Gasteiger partial charge in [0.05, 0.1) is 11.8 Å². The Morgan fingerprint density at radius 1 is 1.07 bits per heavy atom. The van der Waals surface area contributed by atoms with Crippen molar-refractivity contribution in [2.24, 2.45) is 0 Å². The SMILES string of the molecule is CCS(=O)(=O)N[C@@H](C)[C@H](c1cccs1)N1CCN(Cc2ccccc2)CC1. The van der Waals surface area contributed by atoms with Crippen molar-refractivity contribution in [2.45, 2.75) is 32.5 Å². The molecule has 2 heterocycles. The molecule has 1 aromatic heterocycles. The number of nitrogens with zero attached hydrogens (tertiary/aromatic N) is 2. The Hall–Kier alpha value is -1.25. The third kappa shape index (κ3) is 5.62. The molecule has 0 radical (unpaired) electrons. The fourth-order valence-corrected chi connectivity index (χ4v) is 5.50. The molecule has 1 N–H and O–H groups in total. The molecule has 0 aliphatic carbocycles. The molecular weight excluding hydrogens is 378 g/mol. The zero-order valence-electron chi connectivity index (χ0n) is 16.0. The summed E-state index contributed by atoms with van der Waals surface area (Å²) in [6.45, 7) is 8.48. The monoisotopic (exact) mass is 407 g/mol. The highest BCUT2D eigenvalue weighted by Crippen LogP contribution is 2.29. The summed E-state index contributed by atoms with van der Waals surface area (Å²) >= 11 is 1.70. The minimum atomic E-state index is -3.23. The zero-order chi connectivity index (χ0) is 19.3. The fraction of sp³-hybridized carbons (Fsp3) is 0.500. The maximum absolute atomic E-state index is 12.1. The molecule has 1 aliphatic heterocycles. The van der Waals surface area contributed by atoms with Crippen LogP contribution < -0.4 is 4.72 Å². The van der Waals surface area contributed by atoms with Gasteiger partial charge >= 0.3 is 0 Å². The average Bonchev–Trinajstić information content (AvgIpc) is 3.18. The molecular formula is C20H29N3O2S2. The highest BCUT2D eigenvalue weighted by atomic mass is 32.2. The molecule has 0 amide bonds. The molecule has 5 nitrogen and oxygen atoms in total. The van der Waals surface area contributed by atoms with Gasteiger partial charge in [0.15, 0.2) is 0 Å². The van der Waals surface area contributed by atoms with Crippen molar-refractivity contribution in [3.05, 3.63) is 58.3 Å². The largest absolute Gasteiger partial charge is 0.297 e. The van der Waals surface area contributed by atoms with Crippen LogP contribution in [-0.2, 0) is 16.6 Å². The van der Waals surface area contributed by atoms with Gasteiger partial charge < -0.3 is 0 Å². The molecule has 1 aromatic carbocycles. The van der Waals surface area contributed by atoms with Gasteiger partial charge in [0.25, 0.3) is 0 Å². The van der Waals surface area contributed by atoms with E-state index < -0.39 is 10.0 Å². The summed E-state index contributed by atoms with van der Waals surface area (Å²) in [6, 6.07) is 14.6. The number of benzene rings is 1. The van der Waals surface area contributed by atoms with Crippen LogP contribution in [-0.4, -0.2) is 56.2 Å². The molecule has 1 saturated heterocycles. The van der Waals surface area contributed by atoms with Crippen LogP contribution in [0.5, 0.6) is 0 Å². The molecule has 148 valence electrons. The summed E-state index contributed by atoms with van der Waals surface area (Å²) in [4.78, 5) is 6.12.